The van der Waals surface area contributed by atoms with Crippen LogP contribution in [0.1, 0.15) is 23.6 Å². The van der Waals surface area contributed by atoms with E-state index in [9.17, 15) is 8.42 Å². The molecule has 0 unspecified atom stereocenters. The van der Waals surface area contributed by atoms with E-state index in [4.69, 9.17) is 5.11 Å². The molecule has 0 heterocycles. The number of nitrogens with one attached hydrogen (secondary N) is 1. The first-order chi connectivity index (χ1) is 10.0. The van der Waals surface area contributed by atoms with Crippen molar-refractivity contribution in [3.8, 4) is 0 Å². The molecule has 0 amide bonds. The molecule has 0 saturated heterocycles. The van der Waals surface area contributed by atoms with E-state index in [2.05, 4.69) is 4.72 Å². The Hall–Kier alpha value is -1.69. The molecule has 0 saturated carbocycles. The number of sulfonamides is 1. The molecule has 21 heavy (non-hydrogen) atoms. The van der Waals surface area contributed by atoms with Gasteiger partial charge in [0.15, 0.2) is 0 Å². The molecule has 0 fully saturated rings. The Morgan fingerprint density at radius 2 is 1.67 bits per heavy atom. The maximum atomic E-state index is 12.4. The Morgan fingerprint density at radius 1 is 1.05 bits per heavy atom. The first-order valence-corrected chi connectivity index (χ1v) is 8.26. The van der Waals surface area contributed by atoms with Crippen LogP contribution in [0.2, 0.25) is 0 Å². The highest BCUT2D eigenvalue weighted by molar-refractivity contribution is 7.89. The summed E-state index contributed by atoms with van der Waals surface area (Å²) in [6, 6.07) is 15.5. The highest BCUT2D eigenvalue weighted by Gasteiger charge is 2.20. The Bertz CT molecular complexity index is 666. The van der Waals surface area contributed by atoms with Crippen molar-refractivity contribution in [2.24, 2.45) is 0 Å². The summed E-state index contributed by atoms with van der Waals surface area (Å²) in [5, 5.41) is 9.17. The van der Waals surface area contributed by atoms with Crippen LogP contribution in [0.5, 0.6) is 0 Å². The monoisotopic (exact) mass is 305 g/mol. The van der Waals surface area contributed by atoms with Gasteiger partial charge in [-0.2, -0.15) is 0 Å². The molecule has 0 aliphatic heterocycles. The van der Waals surface area contributed by atoms with Gasteiger partial charge in [-0.3, -0.25) is 0 Å². The second kappa shape index (κ2) is 6.85. The third kappa shape index (κ3) is 4.14. The van der Waals surface area contributed by atoms with E-state index >= 15 is 0 Å². The maximum Gasteiger partial charge on any atom is 0.241 e. The molecule has 2 N–H and O–H groups in total. The average Bonchev–Trinajstić information content (AvgIpc) is 2.48. The van der Waals surface area contributed by atoms with Crippen LogP contribution in [0, 0.1) is 6.92 Å². The van der Waals surface area contributed by atoms with Crippen molar-refractivity contribution in [3.63, 3.8) is 0 Å². The molecular formula is C16H19NO3S. The summed E-state index contributed by atoms with van der Waals surface area (Å²) >= 11 is 0. The maximum absolute atomic E-state index is 12.4. The lowest BCUT2D eigenvalue weighted by Gasteiger charge is -2.18. The van der Waals surface area contributed by atoms with Crippen molar-refractivity contribution in [3.05, 3.63) is 65.7 Å². The van der Waals surface area contributed by atoms with E-state index in [1.807, 2.05) is 37.3 Å². The number of hydrogen-bond acceptors (Lipinski definition) is 3. The van der Waals surface area contributed by atoms with E-state index in [0.29, 0.717) is 6.42 Å². The van der Waals surface area contributed by atoms with Gasteiger partial charge in [0.25, 0.3) is 0 Å². The molecule has 0 bridgehead atoms. The molecule has 112 valence electrons. The number of aliphatic hydroxyl groups excluding tert-OH is 1. The van der Waals surface area contributed by atoms with Gasteiger partial charge in [-0.25, -0.2) is 13.1 Å². The topological polar surface area (TPSA) is 66.4 Å². The van der Waals surface area contributed by atoms with Crippen LogP contribution in [0.15, 0.2) is 59.5 Å². The van der Waals surface area contributed by atoms with E-state index in [0.717, 1.165) is 11.1 Å². The molecule has 0 aromatic heterocycles. The largest absolute Gasteiger partial charge is 0.396 e. The van der Waals surface area contributed by atoms with Crippen molar-refractivity contribution in [1.82, 2.24) is 4.72 Å². The lowest BCUT2D eigenvalue weighted by Crippen LogP contribution is -2.29. The van der Waals surface area contributed by atoms with Gasteiger partial charge in [-0.1, -0.05) is 48.0 Å². The zero-order valence-electron chi connectivity index (χ0n) is 11.9. The summed E-state index contributed by atoms with van der Waals surface area (Å²) in [6.07, 6.45) is 0.328. The van der Waals surface area contributed by atoms with Gasteiger partial charge in [0.1, 0.15) is 0 Å². The van der Waals surface area contributed by atoms with Crippen molar-refractivity contribution in [2.45, 2.75) is 24.3 Å². The van der Waals surface area contributed by atoms with Gasteiger partial charge in [0.05, 0.1) is 4.90 Å². The second-order valence-electron chi connectivity index (χ2n) is 4.91. The van der Waals surface area contributed by atoms with Crippen molar-refractivity contribution < 1.29 is 13.5 Å². The van der Waals surface area contributed by atoms with Gasteiger partial charge in [-0.05, 0) is 31.0 Å². The first-order valence-electron chi connectivity index (χ1n) is 6.78. The second-order valence-corrected chi connectivity index (χ2v) is 6.62. The van der Waals surface area contributed by atoms with E-state index in [-0.39, 0.29) is 11.5 Å². The zero-order chi connectivity index (χ0) is 15.3. The van der Waals surface area contributed by atoms with E-state index < -0.39 is 16.1 Å². The Kier molecular flexibility index (Phi) is 5.12. The fourth-order valence-electron chi connectivity index (χ4n) is 2.08. The molecule has 0 spiro atoms. The zero-order valence-corrected chi connectivity index (χ0v) is 12.7. The van der Waals surface area contributed by atoms with E-state index in [1.54, 1.807) is 24.3 Å². The smallest absolute Gasteiger partial charge is 0.241 e. The average molecular weight is 305 g/mol. The SMILES string of the molecule is Cc1ccc(S(=O)(=O)N[C@H](CCO)c2ccccc2)cc1. The fraction of sp³-hybridized carbons (Fsp3) is 0.250. The molecule has 2 aromatic rings. The predicted molar refractivity (Wildman–Crippen MR) is 82.4 cm³/mol. The van der Waals surface area contributed by atoms with Gasteiger partial charge in [0.2, 0.25) is 10.0 Å². The van der Waals surface area contributed by atoms with Crippen LogP contribution < -0.4 is 4.72 Å². The minimum absolute atomic E-state index is 0.0873. The summed E-state index contributed by atoms with van der Waals surface area (Å²) in [5.41, 5.74) is 1.84. The van der Waals surface area contributed by atoms with Crippen molar-refractivity contribution in [2.75, 3.05) is 6.61 Å². The van der Waals surface area contributed by atoms with Crippen LogP contribution >= 0.6 is 0 Å². The van der Waals surface area contributed by atoms with Crippen molar-refractivity contribution >= 4 is 10.0 Å². The van der Waals surface area contributed by atoms with Crippen LogP contribution in [0.25, 0.3) is 0 Å². The number of benzene rings is 2. The highest BCUT2D eigenvalue weighted by Crippen LogP contribution is 2.20. The molecular weight excluding hydrogens is 286 g/mol. The minimum Gasteiger partial charge on any atom is -0.396 e. The van der Waals surface area contributed by atoms with Gasteiger partial charge in [0, 0.05) is 12.6 Å². The predicted octanol–water partition coefficient (Wildman–Crippen LogP) is 2.40. The lowest BCUT2D eigenvalue weighted by atomic mass is 10.1. The number of rotatable bonds is 6. The third-order valence-corrected chi connectivity index (χ3v) is 4.74. The molecule has 4 nitrogen and oxygen atoms in total. The van der Waals surface area contributed by atoms with Gasteiger partial charge >= 0.3 is 0 Å². The van der Waals surface area contributed by atoms with Crippen LogP contribution in [-0.4, -0.2) is 20.1 Å². The fourth-order valence-corrected chi connectivity index (χ4v) is 3.34. The Labute approximate surface area is 125 Å². The summed E-state index contributed by atoms with van der Waals surface area (Å²) in [5.74, 6) is 0. The van der Waals surface area contributed by atoms with Gasteiger partial charge in [-0.15, -0.1) is 0 Å². The molecule has 2 aromatic carbocycles. The standard InChI is InChI=1S/C16H19NO3S/c1-13-7-9-15(10-8-13)21(19,20)17-16(11-12-18)14-5-3-2-4-6-14/h2-10,16-18H,11-12H2,1H3/t16-/m1/s1. The number of aliphatic hydroxyl groups is 1. The number of hydrogen-bond donors (Lipinski definition) is 2. The molecule has 0 radical (unpaired) electrons. The quantitative estimate of drug-likeness (QED) is 0.861. The summed E-state index contributed by atoms with van der Waals surface area (Å²) in [6.45, 7) is 1.82. The molecule has 2 rings (SSSR count). The van der Waals surface area contributed by atoms with Crippen LogP contribution in [-0.2, 0) is 10.0 Å². The molecule has 0 aliphatic carbocycles. The Balaban J connectivity index is 2.25. The van der Waals surface area contributed by atoms with Crippen LogP contribution in [0.4, 0.5) is 0 Å². The lowest BCUT2D eigenvalue weighted by molar-refractivity contribution is 0.272. The third-order valence-electron chi connectivity index (χ3n) is 3.25. The highest BCUT2D eigenvalue weighted by atomic mass is 32.2. The normalized spacial score (nSPS) is 13.0. The first kappa shape index (κ1) is 15.7. The van der Waals surface area contributed by atoms with E-state index in [1.165, 1.54) is 0 Å². The number of aryl methyl sites for hydroxylation is 1. The molecule has 1 atom stereocenters. The van der Waals surface area contributed by atoms with Crippen LogP contribution in [0.3, 0.4) is 0 Å². The van der Waals surface area contributed by atoms with Gasteiger partial charge < -0.3 is 5.11 Å². The summed E-state index contributed by atoms with van der Waals surface area (Å²) < 4.78 is 27.5. The molecule has 0 aliphatic rings. The van der Waals surface area contributed by atoms with Crippen molar-refractivity contribution in [1.29, 1.82) is 0 Å². The Morgan fingerprint density at radius 3 is 2.24 bits per heavy atom. The summed E-state index contributed by atoms with van der Waals surface area (Å²) in [7, 11) is -3.61. The summed E-state index contributed by atoms with van der Waals surface area (Å²) in [4.78, 5) is 0.229. The minimum atomic E-state index is -3.61. The molecule has 5 heteroatoms.